The quantitative estimate of drug-likeness (QED) is 0.385. The maximum atomic E-state index is 10.7. The Morgan fingerprint density at radius 1 is 1.00 bits per heavy atom. The molecule has 6 rings (SSSR count). The summed E-state index contributed by atoms with van der Waals surface area (Å²) in [6.45, 7) is 6.23. The molecule has 1 aliphatic heterocycles. The Morgan fingerprint density at radius 3 is 2.34 bits per heavy atom. The number of aromatic hydroxyl groups is 1. The van der Waals surface area contributed by atoms with Crippen molar-refractivity contribution < 1.29 is 34.7 Å². The molecule has 160 valence electrons. The summed E-state index contributed by atoms with van der Waals surface area (Å²) >= 11 is 0. The van der Waals surface area contributed by atoms with E-state index in [2.05, 4.69) is 16.9 Å². The zero-order valence-corrected chi connectivity index (χ0v) is 21.4. The zero-order valence-electron chi connectivity index (χ0n) is 19.4. The van der Waals surface area contributed by atoms with Crippen LogP contribution in [0.5, 0.6) is 5.75 Å². The van der Waals surface area contributed by atoms with E-state index in [1.54, 1.807) is 10.6 Å². The Balaban J connectivity index is 0.000000444. The zero-order chi connectivity index (χ0) is 21.5. The first kappa shape index (κ1) is 23.0. The number of fused-ring (bicyclic) bond motifs is 2. The molecule has 2 fully saturated rings. The van der Waals surface area contributed by atoms with Gasteiger partial charge in [-0.05, 0) is 50.1 Å². The summed E-state index contributed by atoms with van der Waals surface area (Å²) in [5.74, 6) is 2.92. The second-order valence-electron chi connectivity index (χ2n) is 8.69. The van der Waals surface area contributed by atoms with E-state index in [1.807, 2.05) is 50.5 Å². The molecule has 4 aromatic rings. The van der Waals surface area contributed by atoms with Crippen molar-refractivity contribution >= 4 is 27.8 Å². The molecule has 1 saturated heterocycles. The van der Waals surface area contributed by atoms with E-state index in [0.29, 0.717) is 0 Å². The van der Waals surface area contributed by atoms with Gasteiger partial charge >= 0.3 is 29.6 Å². The third-order valence-corrected chi connectivity index (χ3v) is 6.11. The topological polar surface area (TPSA) is 67.1 Å². The molecule has 2 aliphatic rings. The summed E-state index contributed by atoms with van der Waals surface area (Å²) in [7, 11) is 1.88. The van der Waals surface area contributed by atoms with Crippen molar-refractivity contribution in [1.29, 1.82) is 0 Å². The van der Waals surface area contributed by atoms with Gasteiger partial charge in [0.05, 0.1) is 22.2 Å². The number of pyridine rings is 2. The van der Waals surface area contributed by atoms with Crippen molar-refractivity contribution in [3.05, 3.63) is 48.0 Å². The largest absolute Gasteiger partial charge is 1.00 e. The molecule has 1 aromatic carbocycles. The molecule has 0 radical (unpaired) electrons. The minimum Gasteiger partial charge on any atom is -0.507 e. The molecule has 1 saturated carbocycles. The van der Waals surface area contributed by atoms with Gasteiger partial charge in [0, 0.05) is 42.8 Å². The summed E-state index contributed by atoms with van der Waals surface area (Å²) in [5, 5.41) is 16.1. The molecule has 6 nitrogen and oxygen atoms in total. The van der Waals surface area contributed by atoms with Crippen molar-refractivity contribution in [3.8, 4) is 17.0 Å². The normalized spacial score (nSPS) is 15.5. The fraction of sp³-hybridized carbons (Fsp3) is 0.360. The van der Waals surface area contributed by atoms with Crippen LogP contribution in [0.15, 0.2) is 36.5 Å². The van der Waals surface area contributed by atoms with E-state index in [4.69, 9.17) is 9.97 Å². The SMILES string of the molecule is C[C-]1CC1.Cc1c(O)c(-c2ccc3nc(N4CCCC4)ccc3n2)cc2cn(C)nc12.[Na+]. The molecule has 7 heteroatoms. The van der Waals surface area contributed by atoms with E-state index in [0.717, 1.165) is 57.7 Å². The molecule has 4 heterocycles. The van der Waals surface area contributed by atoms with Crippen LogP contribution >= 0.6 is 0 Å². The van der Waals surface area contributed by atoms with E-state index in [1.165, 1.54) is 25.7 Å². The van der Waals surface area contributed by atoms with Crippen LogP contribution in [0.1, 0.15) is 38.2 Å². The fourth-order valence-electron chi connectivity index (χ4n) is 4.03. The van der Waals surface area contributed by atoms with Crippen LogP contribution < -0.4 is 34.5 Å². The number of hydrogen-bond donors (Lipinski definition) is 1. The second kappa shape index (κ2) is 9.38. The Morgan fingerprint density at radius 2 is 1.66 bits per heavy atom. The number of benzene rings is 1. The van der Waals surface area contributed by atoms with Crippen LogP contribution in [0.3, 0.4) is 0 Å². The van der Waals surface area contributed by atoms with Crippen molar-refractivity contribution in [1.82, 2.24) is 19.7 Å². The van der Waals surface area contributed by atoms with E-state index in [9.17, 15) is 5.11 Å². The van der Waals surface area contributed by atoms with Crippen LogP contribution in [0.2, 0.25) is 0 Å². The molecule has 0 amide bonds. The van der Waals surface area contributed by atoms with Crippen LogP contribution in [0.4, 0.5) is 5.82 Å². The molecule has 0 atom stereocenters. The Bertz CT molecular complexity index is 1260. The smallest absolute Gasteiger partial charge is 0.507 e. The Hall–Kier alpha value is -2.15. The van der Waals surface area contributed by atoms with Gasteiger partial charge < -0.3 is 15.9 Å². The van der Waals surface area contributed by atoms with Crippen LogP contribution in [-0.2, 0) is 7.05 Å². The van der Waals surface area contributed by atoms with Gasteiger partial charge in [0.2, 0.25) is 0 Å². The molecule has 1 aliphatic carbocycles. The number of rotatable bonds is 2. The molecule has 3 aromatic heterocycles. The van der Waals surface area contributed by atoms with E-state index in [-0.39, 0.29) is 35.3 Å². The minimum atomic E-state index is 0. The van der Waals surface area contributed by atoms with Gasteiger partial charge in [0.15, 0.2) is 0 Å². The van der Waals surface area contributed by atoms with E-state index >= 15 is 0 Å². The standard InChI is InChI=1S/C21H21N5O.C4H7.Na/c1-13-20-14(12-25(2)24-20)11-15(21(13)27)16-5-6-18-17(22-16)7-8-19(23-18)26-9-3-4-10-26;1-4-2-3-4;/h5-8,11-12,27H,3-4,9-10H2,1-2H3;2-3H2,1H3;/q;-1;+1. The Labute approximate surface area is 211 Å². The van der Waals surface area contributed by atoms with Gasteiger partial charge in [-0.15, -0.1) is 0 Å². The molecule has 0 bridgehead atoms. The number of phenolic OH excluding ortho intramolecular Hbond substituents is 1. The fourth-order valence-corrected chi connectivity index (χ4v) is 4.03. The van der Waals surface area contributed by atoms with Crippen molar-refractivity contribution in [3.63, 3.8) is 0 Å². The molecule has 0 spiro atoms. The van der Waals surface area contributed by atoms with Gasteiger partial charge in [0.25, 0.3) is 0 Å². The van der Waals surface area contributed by atoms with Gasteiger partial charge in [0.1, 0.15) is 11.6 Å². The van der Waals surface area contributed by atoms with Gasteiger partial charge in [-0.2, -0.15) is 12.0 Å². The monoisotopic (exact) mass is 437 g/mol. The van der Waals surface area contributed by atoms with Crippen molar-refractivity contribution in [2.75, 3.05) is 18.0 Å². The maximum Gasteiger partial charge on any atom is 1.00 e. The van der Waals surface area contributed by atoms with Crippen molar-refractivity contribution in [2.45, 2.75) is 39.5 Å². The van der Waals surface area contributed by atoms with Gasteiger partial charge in [-0.3, -0.25) is 4.68 Å². The van der Waals surface area contributed by atoms with E-state index < -0.39 is 0 Å². The summed E-state index contributed by atoms with van der Waals surface area (Å²) in [5.41, 5.74) is 4.76. The third kappa shape index (κ3) is 4.63. The van der Waals surface area contributed by atoms with Crippen LogP contribution in [0, 0.1) is 12.8 Å². The maximum absolute atomic E-state index is 10.7. The number of nitrogens with zero attached hydrogens (tertiary/aromatic N) is 5. The number of anilines is 1. The molecule has 1 N–H and O–H groups in total. The summed E-state index contributed by atoms with van der Waals surface area (Å²) < 4.78 is 1.76. The third-order valence-electron chi connectivity index (χ3n) is 6.11. The van der Waals surface area contributed by atoms with Crippen LogP contribution in [0.25, 0.3) is 33.2 Å². The molecular weight excluding hydrogens is 409 g/mol. The van der Waals surface area contributed by atoms with Crippen LogP contribution in [-0.4, -0.2) is 37.9 Å². The minimum absolute atomic E-state index is 0. The second-order valence-corrected chi connectivity index (χ2v) is 8.69. The van der Waals surface area contributed by atoms with Gasteiger partial charge in [-0.1, -0.05) is 0 Å². The van der Waals surface area contributed by atoms with Crippen molar-refractivity contribution in [2.24, 2.45) is 7.05 Å². The predicted molar refractivity (Wildman–Crippen MR) is 125 cm³/mol. The molecular formula is C25H28N5NaO. The first-order valence-corrected chi connectivity index (χ1v) is 11.0. The number of hydrogen-bond acceptors (Lipinski definition) is 5. The predicted octanol–water partition coefficient (Wildman–Crippen LogP) is 2.18. The first-order valence-electron chi connectivity index (χ1n) is 11.0. The first-order chi connectivity index (χ1) is 15.0. The molecule has 32 heavy (non-hydrogen) atoms. The molecule has 0 unspecified atom stereocenters. The summed E-state index contributed by atoms with van der Waals surface area (Å²) in [6.07, 6.45) is 7.22. The average Bonchev–Trinajstić information content (AvgIpc) is 3.22. The number of aromatic nitrogens is 4. The number of phenols is 1. The number of aryl methyl sites for hydroxylation is 2. The average molecular weight is 438 g/mol. The summed E-state index contributed by atoms with van der Waals surface area (Å²) in [4.78, 5) is 11.9. The Kier molecular flexibility index (Phi) is 6.75. The summed E-state index contributed by atoms with van der Waals surface area (Å²) in [6, 6.07) is 9.93. The van der Waals surface area contributed by atoms with Gasteiger partial charge in [-0.25, -0.2) is 22.8 Å².